The Bertz CT molecular complexity index is 939. The average Bonchev–Trinajstić information content (AvgIpc) is 3.23. The predicted molar refractivity (Wildman–Crippen MR) is 112 cm³/mol. The summed E-state index contributed by atoms with van der Waals surface area (Å²) in [6.07, 6.45) is 4.26. The highest BCUT2D eigenvalue weighted by Gasteiger charge is 2.29. The highest BCUT2D eigenvalue weighted by Crippen LogP contribution is 2.28. The van der Waals surface area contributed by atoms with Crippen LogP contribution in [0.5, 0.6) is 0 Å². The summed E-state index contributed by atoms with van der Waals surface area (Å²) in [4.78, 5) is 14.6. The number of nitrogens with zero attached hydrogens (tertiary/aromatic N) is 2. The molecule has 0 bridgehead atoms. The van der Waals surface area contributed by atoms with E-state index in [2.05, 4.69) is 5.32 Å². The molecule has 0 radical (unpaired) electrons. The second-order valence-electron chi connectivity index (χ2n) is 7.31. The number of benzene rings is 1. The molecule has 0 spiro atoms. The Morgan fingerprint density at radius 2 is 1.97 bits per heavy atom. The number of hydrogen-bond acceptors (Lipinski definition) is 5. The molecule has 1 saturated heterocycles. The molecule has 1 unspecified atom stereocenters. The number of nitrogens with one attached hydrogen (secondary N) is 1. The van der Waals surface area contributed by atoms with Gasteiger partial charge in [0.2, 0.25) is 10.0 Å². The fourth-order valence-electron chi connectivity index (χ4n) is 3.40. The summed E-state index contributed by atoms with van der Waals surface area (Å²) >= 11 is 6.18. The summed E-state index contributed by atoms with van der Waals surface area (Å²) in [6, 6.07) is 7.86. The largest absolute Gasteiger partial charge is 0.468 e. The van der Waals surface area contributed by atoms with Gasteiger partial charge in [0, 0.05) is 25.2 Å². The second kappa shape index (κ2) is 9.30. The van der Waals surface area contributed by atoms with Crippen LogP contribution in [0, 0.1) is 0 Å². The van der Waals surface area contributed by atoms with E-state index in [9.17, 15) is 13.2 Å². The molecule has 1 N–H and O–H groups in total. The Balaban J connectivity index is 1.77. The van der Waals surface area contributed by atoms with Gasteiger partial charge in [0.05, 0.1) is 17.3 Å². The molecular formula is C20H26ClN3O4S. The minimum Gasteiger partial charge on any atom is -0.468 e. The lowest BCUT2D eigenvalue weighted by molar-refractivity contribution is 0.0939. The number of halogens is 1. The normalized spacial score (nSPS) is 16.7. The van der Waals surface area contributed by atoms with Crippen molar-refractivity contribution in [2.45, 2.75) is 30.2 Å². The van der Waals surface area contributed by atoms with Crippen molar-refractivity contribution in [1.29, 1.82) is 0 Å². The zero-order chi connectivity index (χ0) is 21.0. The molecule has 1 aromatic carbocycles. The van der Waals surface area contributed by atoms with Crippen LogP contribution in [0.1, 0.15) is 41.4 Å². The van der Waals surface area contributed by atoms with Gasteiger partial charge in [0.15, 0.2) is 0 Å². The quantitative estimate of drug-likeness (QED) is 0.716. The monoisotopic (exact) mass is 439 g/mol. The molecule has 2 aromatic rings. The maximum absolute atomic E-state index is 13.0. The van der Waals surface area contributed by atoms with Crippen molar-refractivity contribution in [2.24, 2.45) is 0 Å². The third kappa shape index (κ3) is 5.01. The van der Waals surface area contributed by atoms with Gasteiger partial charge < -0.3 is 9.73 Å². The van der Waals surface area contributed by atoms with Crippen LogP contribution >= 0.6 is 11.6 Å². The molecule has 1 aliphatic rings. The molecule has 3 rings (SSSR count). The van der Waals surface area contributed by atoms with Gasteiger partial charge in [-0.25, -0.2) is 8.42 Å². The van der Waals surface area contributed by atoms with Gasteiger partial charge in [-0.1, -0.05) is 18.0 Å². The van der Waals surface area contributed by atoms with Crippen LogP contribution in [0.2, 0.25) is 5.02 Å². The minimum absolute atomic E-state index is 0.0242. The first-order valence-electron chi connectivity index (χ1n) is 9.58. The van der Waals surface area contributed by atoms with E-state index in [-0.39, 0.29) is 27.4 Å². The molecule has 29 heavy (non-hydrogen) atoms. The molecule has 0 saturated carbocycles. The van der Waals surface area contributed by atoms with Gasteiger partial charge in [-0.3, -0.25) is 9.69 Å². The number of hydrogen-bond donors (Lipinski definition) is 1. The third-order valence-electron chi connectivity index (χ3n) is 5.08. The van der Waals surface area contributed by atoms with Gasteiger partial charge in [0.1, 0.15) is 10.7 Å². The molecule has 2 heterocycles. The van der Waals surface area contributed by atoms with E-state index in [0.717, 1.165) is 25.0 Å². The molecule has 7 nitrogen and oxygen atoms in total. The molecule has 1 fully saturated rings. The summed E-state index contributed by atoms with van der Waals surface area (Å²) in [7, 11) is 0.0568. The lowest BCUT2D eigenvalue weighted by atomic mass is 10.1. The second-order valence-corrected chi connectivity index (χ2v) is 9.63. The number of rotatable bonds is 7. The Hall–Kier alpha value is -1.87. The number of furan rings is 1. The summed E-state index contributed by atoms with van der Waals surface area (Å²) < 4.78 is 32.9. The van der Waals surface area contributed by atoms with E-state index >= 15 is 0 Å². The van der Waals surface area contributed by atoms with Gasteiger partial charge in [-0.2, -0.15) is 4.31 Å². The Morgan fingerprint density at radius 3 is 2.59 bits per heavy atom. The van der Waals surface area contributed by atoms with Crippen LogP contribution in [-0.4, -0.2) is 57.3 Å². The van der Waals surface area contributed by atoms with Crippen LogP contribution in [0.4, 0.5) is 0 Å². The van der Waals surface area contributed by atoms with Gasteiger partial charge in [-0.15, -0.1) is 0 Å². The lowest BCUT2D eigenvalue weighted by Gasteiger charge is -2.26. The predicted octanol–water partition coefficient (Wildman–Crippen LogP) is 3.14. The Morgan fingerprint density at radius 1 is 1.24 bits per heavy atom. The molecule has 9 heteroatoms. The van der Waals surface area contributed by atoms with E-state index in [1.54, 1.807) is 12.3 Å². The number of carbonyl (C=O) groups is 1. The molecule has 158 valence electrons. The van der Waals surface area contributed by atoms with Crippen LogP contribution in [0.25, 0.3) is 0 Å². The van der Waals surface area contributed by atoms with Crippen molar-refractivity contribution >= 4 is 27.5 Å². The highest BCUT2D eigenvalue weighted by molar-refractivity contribution is 7.89. The summed E-state index contributed by atoms with van der Waals surface area (Å²) in [6.45, 7) is 1.27. The van der Waals surface area contributed by atoms with Crippen molar-refractivity contribution < 1.29 is 17.6 Å². The van der Waals surface area contributed by atoms with E-state index in [0.29, 0.717) is 19.6 Å². The van der Waals surface area contributed by atoms with Gasteiger partial charge in [-0.05, 0) is 57.3 Å². The maximum Gasteiger partial charge on any atom is 0.251 e. The van der Waals surface area contributed by atoms with E-state index in [4.69, 9.17) is 16.0 Å². The molecule has 1 atom stereocenters. The SMILES string of the molecule is CN(C)C(CNC(=O)c1ccc(Cl)c(S(=O)(=O)N2CCCCC2)c1)c1ccco1. The zero-order valence-corrected chi connectivity index (χ0v) is 18.2. The Kier molecular flexibility index (Phi) is 7.00. The maximum atomic E-state index is 13.0. The van der Waals surface area contributed by atoms with Crippen LogP contribution in [0.3, 0.4) is 0 Å². The van der Waals surface area contributed by atoms with Crippen LogP contribution in [-0.2, 0) is 10.0 Å². The first-order chi connectivity index (χ1) is 13.8. The van der Waals surface area contributed by atoms with Crippen molar-refractivity contribution in [2.75, 3.05) is 33.7 Å². The number of likely N-dealkylation sites (N-methyl/N-ethyl adjacent to an activating group) is 1. The first-order valence-corrected chi connectivity index (χ1v) is 11.4. The topological polar surface area (TPSA) is 82.9 Å². The van der Waals surface area contributed by atoms with E-state index < -0.39 is 10.0 Å². The van der Waals surface area contributed by atoms with Crippen molar-refractivity contribution in [3.8, 4) is 0 Å². The first kappa shape index (κ1) is 21.8. The molecule has 1 aromatic heterocycles. The number of sulfonamides is 1. The van der Waals surface area contributed by atoms with E-state index in [1.165, 1.54) is 22.5 Å². The molecular weight excluding hydrogens is 414 g/mol. The highest BCUT2D eigenvalue weighted by atomic mass is 35.5. The fraction of sp³-hybridized carbons (Fsp3) is 0.450. The van der Waals surface area contributed by atoms with Gasteiger partial charge >= 0.3 is 0 Å². The number of amides is 1. The number of carbonyl (C=O) groups excluding carboxylic acids is 1. The fourth-order valence-corrected chi connectivity index (χ4v) is 5.41. The summed E-state index contributed by atoms with van der Waals surface area (Å²) in [5, 5.41) is 2.97. The molecule has 1 amide bonds. The van der Waals surface area contributed by atoms with Gasteiger partial charge in [0.25, 0.3) is 5.91 Å². The molecule has 0 aliphatic carbocycles. The van der Waals surface area contributed by atoms with Crippen molar-refractivity contribution in [3.05, 3.63) is 52.9 Å². The minimum atomic E-state index is -3.73. The summed E-state index contributed by atoms with van der Waals surface area (Å²) in [5.74, 6) is 0.370. The molecule has 1 aliphatic heterocycles. The standard InChI is InChI=1S/C20H26ClN3O4S/c1-23(2)17(18-7-6-12-28-18)14-22-20(25)15-8-9-16(21)19(13-15)29(26,27)24-10-4-3-5-11-24/h6-9,12-13,17H,3-5,10-11,14H2,1-2H3,(H,22,25). The van der Waals surface area contributed by atoms with Crippen LogP contribution in [0.15, 0.2) is 45.9 Å². The van der Waals surface area contributed by atoms with E-state index in [1.807, 2.05) is 25.1 Å². The summed E-state index contributed by atoms with van der Waals surface area (Å²) in [5.41, 5.74) is 0.252. The Labute approximate surface area is 176 Å². The zero-order valence-electron chi connectivity index (χ0n) is 16.6. The lowest BCUT2D eigenvalue weighted by Crippen LogP contribution is -2.36. The number of piperidine rings is 1. The smallest absolute Gasteiger partial charge is 0.251 e. The average molecular weight is 440 g/mol. The van der Waals surface area contributed by atoms with Crippen LogP contribution < -0.4 is 5.32 Å². The van der Waals surface area contributed by atoms with Crippen molar-refractivity contribution in [1.82, 2.24) is 14.5 Å². The third-order valence-corrected chi connectivity index (χ3v) is 7.46. The van der Waals surface area contributed by atoms with Crippen molar-refractivity contribution in [3.63, 3.8) is 0 Å².